The fourth-order valence-electron chi connectivity index (χ4n) is 11.2. The van der Waals surface area contributed by atoms with Crippen molar-refractivity contribution >= 4 is 123 Å². The number of amides is 2. The predicted octanol–water partition coefficient (Wildman–Crippen LogP) is -10.5. The number of nitrogens with zero attached hydrogens (tertiary/aromatic N) is 3. The van der Waals surface area contributed by atoms with Crippen LogP contribution in [-0.2, 0) is 97.2 Å². The van der Waals surface area contributed by atoms with Gasteiger partial charge in [-0.3, -0.25) is 9.59 Å². The van der Waals surface area contributed by atoms with Gasteiger partial charge in [0, 0.05) is 83.6 Å². The summed E-state index contributed by atoms with van der Waals surface area (Å²) in [6.45, 7) is 6.14. The molecule has 0 unspecified atom stereocenters. The standard InChI is InChI=1S/C54H57N3O22S6.5Na/c1-53(2)46(55(24-8-26-80(61,62)63)42-18-16-38-40(51(42)53)29-36(82(67,68)69)31-44(38)84(73,74)75)20-14-34(35-12-7-11-33(28-35)10-5-6-13-50(60)79-57-48(58)22-23-49(57)59)15-21-47-54(3,4)52-41-30-37(83(70,71)72)32-45(85(76,77)78)39(41)17-19-43(52)56(47)25-9-27-81(64,65)66;;;;;/h7,11-12,14-21,28-32H,5-6,8-10,13,22-27H2,1-4H3,(H5-,61,62,63,64,65,66,67,68,69,70,71,72,73,74,75,76,77,78);;;;;/q;5*+1/p-5. The number of carbonyl (C=O) groups is 3. The summed E-state index contributed by atoms with van der Waals surface area (Å²) >= 11 is 0. The Hall–Kier alpha value is -1.62. The molecule has 2 amide bonds. The topological polar surface area (TPSA) is 413 Å². The van der Waals surface area contributed by atoms with E-state index in [1.54, 1.807) is 85.7 Å². The molecule has 5 aromatic rings. The quantitative estimate of drug-likeness (QED) is 0.0155. The molecular weight excluding hydrogens is 1350 g/mol. The second kappa shape index (κ2) is 31.3. The Labute approximate surface area is 632 Å². The summed E-state index contributed by atoms with van der Waals surface area (Å²) in [7, 11) is -31.3. The van der Waals surface area contributed by atoms with Crippen LogP contribution in [0.1, 0.15) is 94.9 Å². The predicted molar refractivity (Wildman–Crippen MR) is 298 cm³/mol. The average molecular weight is 1400 g/mol. The molecule has 0 aromatic heterocycles. The van der Waals surface area contributed by atoms with E-state index < -0.39 is 120 Å². The molecule has 36 heteroatoms. The number of hydroxylamine groups is 2. The Kier molecular flexibility index (Phi) is 28.7. The molecule has 0 aliphatic carbocycles. The molecule has 1 fully saturated rings. The molecule has 0 spiro atoms. The van der Waals surface area contributed by atoms with Gasteiger partial charge in [0.15, 0.2) is 5.71 Å². The zero-order chi connectivity index (χ0) is 62.8. The number of carbonyl (C=O) groups excluding carboxylic acids is 3. The number of aryl methyl sites for hydroxylation is 1. The number of imide groups is 1. The third-order valence-corrected chi connectivity index (χ3v) is 19.8. The van der Waals surface area contributed by atoms with Crippen molar-refractivity contribution in [3.05, 3.63) is 125 Å². The number of allylic oxidation sites excluding steroid dienone is 6. The van der Waals surface area contributed by atoms with Gasteiger partial charge < -0.3 is 37.1 Å². The second-order valence-corrected chi connectivity index (χ2v) is 29.9. The third kappa shape index (κ3) is 18.9. The zero-order valence-corrected chi connectivity index (χ0v) is 65.4. The van der Waals surface area contributed by atoms with E-state index in [4.69, 9.17) is 4.84 Å². The van der Waals surface area contributed by atoms with Gasteiger partial charge in [0.1, 0.15) is 47.0 Å². The van der Waals surface area contributed by atoms with Crippen LogP contribution in [0.25, 0.3) is 27.1 Å². The second-order valence-electron chi connectivity index (χ2n) is 21.4. The van der Waals surface area contributed by atoms with Crippen LogP contribution in [0.2, 0.25) is 0 Å². The van der Waals surface area contributed by atoms with Crippen molar-refractivity contribution < 1.29 is 249 Å². The molecule has 1 saturated heterocycles. The van der Waals surface area contributed by atoms with Crippen LogP contribution >= 0.6 is 0 Å². The van der Waals surface area contributed by atoms with Gasteiger partial charge in [0.05, 0.1) is 45.2 Å². The number of unbranched alkanes of at least 4 members (excludes halogenated alkanes) is 1. The van der Waals surface area contributed by atoms with Crippen molar-refractivity contribution in [2.24, 2.45) is 0 Å². The minimum Gasteiger partial charge on any atom is -0.748 e. The first kappa shape index (κ1) is 82.6. The summed E-state index contributed by atoms with van der Waals surface area (Å²) in [5.41, 5.74) is 0.297. The molecule has 456 valence electrons. The van der Waals surface area contributed by atoms with E-state index in [1.807, 2.05) is 0 Å². The SMILES string of the molecule is CC1(C)C(/C=C/C(=C/C=C2/N(CCCS(=O)(=O)[O-])c3ccc4c(S(=O)(=O)[O-])cc(S(=O)(=O)[O-])cc4c3C2(C)C)c2cccc(CCCCC(=O)ON3C(=O)CCC3=O)c2)=[N+](CCCS(=O)(=O)[O-])c2ccc3c(S(=O)(=O)[O-])cc(S(=O)(=O)[O-])cc3c21.[Na+].[Na+].[Na+].[Na+].[Na+]. The van der Waals surface area contributed by atoms with Crippen LogP contribution in [0.5, 0.6) is 0 Å². The minimum absolute atomic E-state index is 0. The summed E-state index contributed by atoms with van der Waals surface area (Å²) in [6, 6.07) is 15.0. The van der Waals surface area contributed by atoms with Crippen LogP contribution in [0.3, 0.4) is 0 Å². The van der Waals surface area contributed by atoms with Gasteiger partial charge in [-0.05, 0) is 127 Å². The van der Waals surface area contributed by atoms with Crippen molar-refractivity contribution in [1.29, 1.82) is 0 Å². The summed E-state index contributed by atoms with van der Waals surface area (Å²) in [5, 5.41) is -0.336. The third-order valence-electron chi connectivity index (χ3n) is 14.9. The zero-order valence-electron chi connectivity index (χ0n) is 50.5. The van der Waals surface area contributed by atoms with Crippen LogP contribution in [0.15, 0.2) is 122 Å². The van der Waals surface area contributed by atoms with Crippen molar-refractivity contribution in [1.82, 2.24) is 5.06 Å². The van der Waals surface area contributed by atoms with E-state index in [0.717, 1.165) is 12.1 Å². The molecule has 0 atom stereocenters. The normalized spacial score (nSPS) is 16.3. The molecule has 3 heterocycles. The van der Waals surface area contributed by atoms with Gasteiger partial charge in [-0.25, -0.2) is 55.3 Å². The molecule has 90 heavy (non-hydrogen) atoms. The van der Waals surface area contributed by atoms with Crippen LogP contribution in [0, 0.1) is 0 Å². The molecule has 3 aliphatic rings. The number of anilines is 1. The van der Waals surface area contributed by atoms with Crippen molar-refractivity contribution in [3.63, 3.8) is 0 Å². The number of fused-ring (bicyclic) bond motifs is 6. The average Bonchev–Trinajstić information content (AvgIpc) is 1.72. The number of hydrogen-bond acceptors (Lipinski definition) is 23. The Morgan fingerprint density at radius 2 is 1.12 bits per heavy atom. The van der Waals surface area contributed by atoms with Crippen LogP contribution < -0.4 is 153 Å². The molecule has 0 radical (unpaired) electrons. The van der Waals surface area contributed by atoms with Gasteiger partial charge in [0.25, 0.3) is 11.8 Å². The first-order chi connectivity index (χ1) is 39.2. The molecule has 5 aromatic carbocycles. The largest absolute Gasteiger partial charge is 1.00 e. The van der Waals surface area contributed by atoms with Gasteiger partial charge in [-0.15, -0.1) is 5.06 Å². The molecule has 0 saturated carbocycles. The minimum atomic E-state index is -5.45. The summed E-state index contributed by atoms with van der Waals surface area (Å²) in [5.74, 6) is -3.79. The molecule has 0 N–H and O–H groups in total. The first-order valence-electron chi connectivity index (χ1n) is 25.8. The van der Waals surface area contributed by atoms with Crippen LogP contribution in [-0.4, -0.2) is 136 Å². The molecule has 0 bridgehead atoms. The maximum atomic E-state index is 12.7. The maximum Gasteiger partial charge on any atom is 1.00 e. The monoisotopic (exact) mass is 1400 g/mol. The number of benzene rings is 5. The van der Waals surface area contributed by atoms with E-state index in [9.17, 15) is 92.2 Å². The number of rotatable bonds is 22. The van der Waals surface area contributed by atoms with Gasteiger partial charge >= 0.3 is 154 Å². The summed E-state index contributed by atoms with van der Waals surface area (Å²) in [6.07, 6.45) is 6.46. The Morgan fingerprint density at radius 1 is 0.600 bits per heavy atom. The first-order valence-corrected chi connectivity index (χ1v) is 34.6. The van der Waals surface area contributed by atoms with E-state index in [-0.39, 0.29) is 243 Å². The van der Waals surface area contributed by atoms with E-state index >= 15 is 0 Å². The van der Waals surface area contributed by atoms with E-state index in [2.05, 4.69) is 0 Å². The summed E-state index contributed by atoms with van der Waals surface area (Å²) in [4.78, 5) is 39.1. The maximum absolute atomic E-state index is 12.7. The van der Waals surface area contributed by atoms with Crippen molar-refractivity contribution in [2.45, 2.75) is 109 Å². The molecule has 8 rings (SSSR count). The summed E-state index contributed by atoms with van der Waals surface area (Å²) < 4.78 is 224. The molecular formula is C54H52N3Na5O22S6. The van der Waals surface area contributed by atoms with Crippen LogP contribution in [0.4, 0.5) is 11.4 Å². The van der Waals surface area contributed by atoms with Crippen molar-refractivity contribution in [3.8, 4) is 0 Å². The molecule has 25 nitrogen and oxygen atoms in total. The molecule has 3 aliphatic heterocycles. The Morgan fingerprint density at radius 3 is 1.64 bits per heavy atom. The van der Waals surface area contributed by atoms with Gasteiger partial charge in [-0.1, -0.05) is 50.3 Å². The number of hydrogen-bond donors (Lipinski definition) is 0. The fraction of sp³-hybridized carbons (Fsp3) is 0.333. The van der Waals surface area contributed by atoms with Gasteiger partial charge in [0.2, 0.25) is 5.69 Å². The Balaban J connectivity index is 0.00000423. The fourth-order valence-corrected chi connectivity index (χ4v) is 14.8. The van der Waals surface area contributed by atoms with Gasteiger partial charge in [-0.2, -0.15) is 4.58 Å². The van der Waals surface area contributed by atoms with Crippen molar-refractivity contribution in [2.75, 3.05) is 29.5 Å². The van der Waals surface area contributed by atoms with E-state index in [0.29, 0.717) is 58.1 Å². The van der Waals surface area contributed by atoms with E-state index in [1.165, 1.54) is 24.3 Å². The smallest absolute Gasteiger partial charge is 0.748 e. The Bertz CT molecular complexity index is 4540.